The number of anilines is 1. The van der Waals surface area contributed by atoms with Gasteiger partial charge in [0.25, 0.3) is 0 Å². The number of pyridine rings is 1. The minimum atomic E-state index is -5.60. The molecule has 0 saturated carbocycles. The summed E-state index contributed by atoms with van der Waals surface area (Å²) in [5.41, 5.74) is -5.93. The highest BCUT2D eigenvalue weighted by Crippen LogP contribution is 2.33. The van der Waals surface area contributed by atoms with Crippen molar-refractivity contribution in [2.45, 2.75) is 5.51 Å². The fraction of sp³-hybridized carbons (Fsp3) is 0.154. The van der Waals surface area contributed by atoms with Crippen molar-refractivity contribution in [3.8, 4) is 17.5 Å². The van der Waals surface area contributed by atoms with Crippen LogP contribution in [0.15, 0.2) is 42.5 Å². The summed E-state index contributed by atoms with van der Waals surface area (Å²) in [4.78, 5) is 3.81. The summed E-state index contributed by atoms with van der Waals surface area (Å²) in [5.74, 6) is -0.0602. The lowest BCUT2D eigenvalue weighted by Gasteiger charge is -2.14. The molecule has 2 rings (SSSR count). The molecule has 1 N–H and O–H groups in total. The molecule has 1 aromatic heterocycles. The van der Waals surface area contributed by atoms with Gasteiger partial charge in [0.15, 0.2) is 0 Å². The lowest BCUT2D eigenvalue weighted by Crippen LogP contribution is -2.30. The van der Waals surface area contributed by atoms with Gasteiger partial charge in [-0.15, -0.1) is 0 Å². The van der Waals surface area contributed by atoms with Crippen LogP contribution >= 0.6 is 0 Å². The Hall–Kier alpha value is -2.49. The Morgan fingerprint density at radius 3 is 2.30 bits per heavy atom. The lowest BCUT2D eigenvalue weighted by molar-refractivity contribution is -0.0429. The van der Waals surface area contributed by atoms with E-state index in [-0.39, 0.29) is 17.5 Å². The Bertz CT molecular complexity index is 780. The van der Waals surface area contributed by atoms with Gasteiger partial charge in [-0.3, -0.25) is 4.72 Å². The van der Waals surface area contributed by atoms with Crippen molar-refractivity contribution in [2.24, 2.45) is 0 Å². The Balaban J connectivity index is 2.40. The van der Waals surface area contributed by atoms with E-state index in [1.165, 1.54) is 30.0 Å². The van der Waals surface area contributed by atoms with Crippen LogP contribution in [-0.4, -0.2) is 26.0 Å². The van der Waals surface area contributed by atoms with E-state index in [2.05, 4.69) is 4.98 Å². The average molecular weight is 348 g/mol. The van der Waals surface area contributed by atoms with Gasteiger partial charge in [-0.2, -0.15) is 26.6 Å². The number of benzene rings is 1. The first-order chi connectivity index (χ1) is 10.7. The summed E-state index contributed by atoms with van der Waals surface area (Å²) < 4.78 is 71.5. The summed E-state index contributed by atoms with van der Waals surface area (Å²) in [6, 6.07) is 10.3. The van der Waals surface area contributed by atoms with Crippen LogP contribution < -0.4 is 14.2 Å². The van der Waals surface area contributed by atoms with Crippen molar-refractivity contribution in [3.05, 3.63) is 42.5 Å². The molecule has 1 heterocycles. The molecular formula is C13H11F3N2O4S. The third kappa shape index (κ3) is 4.03. The van der Waals surface area contributed by atoms with E-state index in [1.807, 2.05) is 0 Å². The topological polar surface area (TPSA) is 77.5 Å². The minimum Gasteiger partial charge on any atom is -0.481 e. The standard InChI is InChI=1S/C13H11F3N2O4S/c1-21-11-8-7-10(18-23(19,20)13(14,15)16)12(17-11)22-9-5-3-2-4-6-9/h2-8,18H,1H3. The molecule has 0 aliphatic rings. The van der Waals surface area contributed by atoms with Crippen LogP contribution in [0.4, 0.5) is 18.9 Å². The van der Waals surface area contributed by atoms with Crippen LogP contribution in [0.5, 0.6) is 17.5 Å². The van der Waals surface area contributed by atoms with Crippen LogP contribution in [0, 0.1) is 0 Å². The Labute approximate surface area is 129 Å². The van der Waals surface area contributed by atoms with Crippen LogP contribution in [0.2, 0.25) is 0 Å². The number of sulfonamides is 1. The number of aromatic nitrogens is 1. The highest BCUT2D eigenvalue weighted by atomic mass is 32.2. The van der Waals surface area contributed by atoms with Gasteiger partial charge in [-0.1, -0.05) is 18.2 Å². The van der Waals surface area contributed by atoms with Crippen LogP contribution in [0.3, 0.4) is 0 Å². The van der Waals surface area contributed by atoms with Gasteiger partial charge in [-0.25, -0.2) is 0 Å². The van der Waals surface area contributed by atoms with Gasteiger partial charge in [0.05, 0.1) is 7.11 Å². The molecule has 0 bridgehead atoms. The van der Waals surface area contributed by atoms with E-state index in [0.29, 0.717) is 0 Å². The minimum absolute atomic E-state index is 0.0471. The van der Waals surface area contributed by atoms with E-state index in [4.69, 9.17) is 9.47 Å². The second kappa shape index (κ2) is 6.32. The fourth-order valence-corrected chi connectivity index (χ4v) is 2.06. The second-order valence-corrected chi connectivity index (χ2v) is 5.85. The number of nitrogens with one attached hydrogen (secondary N) is 1. The number of hydrogen-bond acceptors (Lipinski definition) is 5. The predicted molar refractivity (Wildman–Crippen MR) is 75.9 cm³/mol. The normalized spacial score (nSPS) is 11.8. The van der Waals surface area contributed by atoms with E-state index in [1.54, 1.807) is 18.2 Å². The summed E-state index contributed by atoms with van der Waals surface area (Å²) in [6.07, 6.45) is 0. The average Bonchev–Trinajstić information content (AvgIpc) is 2.48. The van der Waals surface area contributed by atoms with Crippen molar-refractivity contribution >= 4 is 15.7 Å². The highest BCUT2D eigenvalue weighted by Gasteiger charge is 2.46. The number of alkyl halides is 3. The molecule has 0 saturated heterocycles. The molecular weight excluding hydrogens is 337 g/mol. The van der Waals surface area contributed by atoms with E-state index in [0.717, 1.165) is 6.07 Å². The molecule has 0 radical (unpaired) electrons. The van der Waals surface area contributed by atoms with Gasteiger partial charge >= 0.3 is 15.5 Å². The second-order valence-electron chi connectivity index (χ2n) is 4.17. The number of methoxy groups -OCH3 is 1. The zero-order valence-electron chi connectivity index (χ0n) is 11.7. The van der Waals surface area contributed by atoms with Crippen molar-refractivity contribution in [1.29, 1.82) is 0 Å². The molecule has 1 aromatic carbocycles. The van der Waals surface area contributed by atoms with Gasteiger partial charge in [0.2, 0.25) is 11.8 Å². The predicted octanol–water partition coefficient (Wildman–Crippen LogP) is 3.14. The molecule has 0 amide bonds. The molecule has 0 unspecified atom stereocenters. The zero-order valence-corrected chi connectivity index (χ0v) is 12.5. The molecule has 0 fully saturated rings. The van der Waals surface area contributed by atoms with Gasteiger partial charge in [-0.05, 0) is 18.2 Å². The van der Waals surface area contributed by atoms with Crippen molar-refractivity contribution in [1.82, 2.24) is 4.98 Å². The quantitative estimate of drug-likeness (QED) is 0.898. The van der Waals surface area contributed by atoms with Crippen LogP contribution in [0.25, 0.3) is 0 Å². The van der Waals surface area contributed by atoms with E-state index < -0.39 is 21.2 Å². The van der Waals surface area contributed by atoms with Crippen molar-refractivity contribution < 1.29 is 31.1 Å². The van der Waals surface area contributed by atoms with Crippen LogP contribution in [0.1, 0.15) is 0 Å². The molecule has 124 valence electrons. The number of rotatable bonds is 5. The molecule has 0 atom stereocenters. The lowest BCUT2D eigenvalue weighted by atomic mass is 10.3. The molecule has 23 heavy (non-hydrogen) atoms. The Morgan fingerprint density at radius 2 is 1.74 bits per heavy atom. The zero-order chi connectivity index (χ0) is 17.1. The Morgan fingerprint density at radius 1 is 1.09 bits per heavy atom. The highest BCUT2D eigenvalue weighted by molar-refractivity contribution is 7.93. The van der Waals surface area contributed by atoms with Gasteiger partial charge < -0.3 is 9.47 Å². The smallest absolute Gasteiger partial charge is 0.481 e. The maximum Gasteiger partial charge on any atom is 0.516 e. The summed E-state index contributed by atoms with van der Waals surface area (Å²) in [6.45, 7) is 0. The van der Waals surface area contributed by atoms with Crippen LogP contribution in [-0.2, 0) is 10.0 Å². The van der Waals surface area contributed by atoms with Crippen molar-refractivity contribution in [2.75, 3.05) is 11.8 Å². The fourth-order valence-electron chi connectivity index (χ4n) is 1.50. The maximum absolute atomic E-state index is 12.5. The molecule has 0 aliphatic carbocycles. The molecule has 2 aromatic rings. The summed E-state index contributed by atoms with van der Waals surface area (Å²) >= 11 is 0. The molecule has 10 heteroatoms. The number of halogens is 3. The first kappa shape index (κ1) is 16.9. The summed E-state index contributed by atoms with van der Waals surface area (Å²) in [5, 5.41) is 0. The number of nitrogens with zero attached hydrogens (tertiary/aromatic N) is 1. The number of hydrogen-bond donors (Lipinski definition) is 1. The summed E-state index contributed by atoms with van der Waals surface area (Å²) in [7, 11) is -4.30. The van der Waals surface area contributed by atoms with Crippen molar-refractivity contribution in [3.63, 3.8) is 0 Å². The first-order valence-electron chi connectivity index (χ1n) is 6.10. The van der Waals surface area contributed by atoms with Gasteiger partial charge in [0, 0.05) is 6.07 Å². The first-order valence-corrected chi connectivity index (χ1v) is 7.58. The molecule has 0 aliphatic heterocycles. The van der Waals surface area contributed by atoms with E-state index >= 15 is 0 Å². The molecule has 0 spiro atoms. The molecule has 6 nitrogen and oxygen atoms in total. The maximum atomic E-state index is 12.5. The SMILES string of the molecule is COc1ccc(NS(=O)(=O)C(F)(F)F)c(Oc2ccccc2)n1. The Kier molecular flexibility index (Phi) is 4.64. The monoisotopic (exact) mass is 348 g/mol. The van der Waals surface area contributed by atoms with Gasteiger partial charge in [0.1, 0.15) is 11.4 Å². The number of ether oxygens (including phenoxy) is 2. The largest absolute Gasteiger partial charge is 0.516 e. The number of para-hydroxylation sites is 1. The van der Waals surface area contributed by atoms with E-state index in [9.17, 15) is 21.6 Å². The third-order valence-corrected chi connectivity index (χ3v) is 3.65. The third-order valence-electron chi connectivity index (χ3n) is 2.55.